The van der Waals surface area contributed by atoms with Crippen LogP contribution in [0.2, 0.25) is 0 Å². The van der Waals surface area contributed by atoms with Crippen molar-refractivity contribution in [2.24, 2.45) is 5.92 Å². The second-order valence-corrected chi connectivity index (χ2v) is 12.2. The number of ketones is 1. The Morgan fingerprint density at radius 1 is 1.11 bits per heavy atom. The fraction of sp³-hybridized carbons (Fsp3) is 0.750. The third-order valence-corrected chi connectivity index (χ3v) is 10.6. The maximum atomic E-state index is 12.3. The SMILES string of the molecule is C=C(OP1(=O)SCCCS1)C(=O)C1CCCCC1. The normalized spacial score (nSPS) is 24.4. The minimum atomic E-state index is -2.76. The molecule has 102 valence electrons. The summed E-state index contributed by atoms with van der Waals surface area (Å²) in [6, 6.07) is 0. The van der Waals surface area contributed by atoms with Crippen molar-refractivity contribution in [1.82, 2.24) is 0 Å². The summed E-state index contributed by atoms with van der Waals surface area (Å²) in [5.74, 6) is -0.950. The van der Waals surface area contributed by atoms with Crippen LogP contribution in [0.1, 0.15) is 38.5 Å². The van der Waals surface area contributed by atoms with E-state index in [-0.39, 0.29) is 17.5 Å². The van der Waals surface area contributed by atoms with E-state index in [9.17, 15) is 9.36 Å². The maximum absolute atomic E-state index is 12.3. The highest BCUT2D eigenvalue weighted by atomic mass is 33.1. The lowest BCUT2D eigenvalue weighted by molar-refractivity contribution is -0.122. The lowest BCUT2D eigenvalue weighted by Crippen LogP contribution is -2.19. The van der Waals surface area contributed by atoms with E-state index in [1.54, 1.807) is 0 Å². The Morgan fingerprint density at radius 2 is 1.72 bits per heavy atom. The zero-order chi connectivity index (χ0) is 13.0. The molecule has 2 aliphatic rings. The summed E-state index contributed by atoms with van der Waals surface area (Å²) in [5.41, 5.74) is 0. The van der Waals surface area contributed by atoms with E-state index in [4.69, 9.17) is 4.52 Å². The van der Waals surface area contributed by atoms with Crippen molar-refractivity contribution < 1.29 is 13.9 Å². The molecule has 0 amide bonds. The first-order valence-corrected chi connectivity index (χ1v) is 11.2. The Morgan fingerprint density at radius 3 is 2.33 bits per heavy atom. The molecular weight excluding hydrogens is 287 g/mol. The first-order valence-electron chi connectivity index (χ1n) is 6.42. The Balaban J connectivity index is 1.90. The summed E-state index contributed by atoms with van der Waals surface area (Å²) >= 11 is 2.68. The molecule has 1 saturated heterocycles. The van der Waals surface area contributed by atoms with Gasteiger partial charge in [-0.1, -0.05) is 25.8 Å². The molecule has 2 rings (SSSR count). The monoisotopic (exact) mass is 306 g/mol. The van der Waals surface area contributed by atoms with Crippen LogP contribution in [0.4, 0.5) is 0 Å². The molecule has 6 heteroatoms. The molecule has 0 bridgehead atoms. The minimum absolute atomic E-state index is 0.0308. The second kappa shape index (κ2) is 6.53. The van der Waals surface area contributed by atoms with Crippen molar-refractivity contribution in [1.29, 1.82) is 0 Å². The van der Waals surface area contributed by atoms with Crippen molar-refractivity contribution in [3.8, 4) is 0 Å². The molecule has 0 atom stereocenters. The van der Waals surface area contributed by atoms with Crippen molar-refractivity contribution in [2.75, 3.05) is 11.5 Å². The van der Waals surface area contributed by atoms with Gasteiger partial charge in [-0.15, -0.1) is 0 Å². The summed E-state index contributed by atoms with van der Waals surface area (Å²) in [4.78, 5) is 12.1. The van der Waals surface area contributed by atoms with Gasteiger partial charge in [0.15, 0.2) is 11.5 Å². The summed E-state index contributed by atoms with van der Waals surface area (Å²) in [6.07, 6.45) is 6.31. The molecule has 1 heterocycles. The van der Waals surface area contributed by atoms with Gasteiger partial charge in [-0.05, 0) is 42.0 Å². The van der Waals surface area contributed by atoms with Crippen LogP contribution < -0.4 is 0 Å². The maximum Gasteiger partial charge on any atom is 0.359 e. The molecule has 1 saturated carbocycles. The molecule has 18 heavy (non-hydrogen) atoms. The van der Waals surface area contributed by atoms with E-state index in [0.717, 1.165) is 43.6 Å². The van der Waals surface area contributed by atoms with E-state index < -0.39 is 5.77 Å². The van der Waals surface area contributed by atoms with Crippen LogP contribution in [0.15, 0.2) is 12.3 Å². The van der Waals surface area contributed by atoms with Crippen LogP contribution in [-0.4, -0.2) is 17.3 Å². The number of hydrogen-bond donors (Lipinski definition) is 0. The van der Waals surface area contributed by atoms with Crippen LogP contribution in [0.3, 0.4) is 0 Å². The average Bonchev–Trinajstić information content (AvgIpc) is 2.39. The zero-order valence-corrected chi connectivity index (χ0v) is 13.0. The lowest BCUT2D eigenvalue weighted by atomic mass is 9.86. The van der Waals surface area contributed by atoms with Gasteiger partial charge in [0.25, 0.3) is 0 Å². The highest BCUT2D eigenvalue weighted by molar-refractivity contribution is 8.89. The van der Waals surface area contributed by atoms with Gasteiger partial charge in [0.2, 0.25) is 0 Å². The van der Waals surface area contributed by atoms with E-state index >= 15 is 0 Å². The molecule has 1 aliphatic heterocycles. The van der Waals surface area contributed by atoms with E-state index in [1.165, 1.54) is 29.2 Å². The first-order chi connectivity index (χ1) is 8.61. The van der Waals surface area contributed by atoms with Gasteiger partial charge in [0, 0.05) is 17.4 Å². The van der Waals surface area contributed by atoms with Gasteiger partial charge < -0.3 is 4.52 Å². The second-order valence-electron chi connectivity index (χ2n) is 4.68. The van der Waals surface area contributed by atoms with Crippen LogP contribution in [0, 0.1) is 5.92 Å². The van der Waals surface area contributed by atoms with Crippen LogP contribution in [-0.2, 0) is 13.9 Å². The van der Waals surface area contributed by atoms with Gasteiger partial charge in [-0.25, -0.2) is 0 Å². The van der Waals surface area contributed by atoms with Gasteiger partial charge in [-0.3, -0.25) is 9.36 Å². The number of carbonyl (C=O) groups is 1. The highest BCUT2D eigenvalue weighted by Gasteiger charge is 2.33. The molecule has 0 unspecified atom stereocenters. The molecule has 0 aromatic rings. The Kier molecular flexibility index (Phi) is 5.28. The Bertz CT molecular complexity index is 368. The van der Waals surface area contributed by atoms with Crippen molar-refractivity contribution in [3.05, 3.63) is 12.3 Å². The van der Waals surface area contributed by atoms with E-state index in [2.05, 4.69) is 6.58 Å². The van der Waals surface area contributed by atoms with Crippen LogP contribution >= 0.6 is 28.5 Å². The molecule has 0 spiro atoms. The molecule has 0 aromatic carbocycles. The predicted molar refractivity (Wildman–Crippen MR) is 78.9 cm³/mol. The molecule has 0 aromatic heterocycles. The van der Waals surface area contributed by atoms with Crippen molar-refractivity contribution >= 4 is 34.3 Å². The minimum Gasteiger partial charge on any atom is -0.426 e. The number of allylic oxidation sites excluding steroid dienone is 1. The molecule has 0 radical (unpaired) electrons. The molecule has 0 N–H and O–H groups in total. The van der Waals surface area contributed by atoms with E-state index in [1.807, 2.05) is 0 Å². The lowest BCUT2D eigenvalue weighted by Gasteiger charge is -2.25. The quantitative estimate of drug-likeness (QED) is 0.430. The summed E-state index contributed by atoms with van der Waals surface area (Å²) in [7, 11) is 0. The molecule has 2 fully saturated rings. The number of rotatable bonds is 4. The fourth-order valence-corrected chi connectivity index (χ4v) is 9.20. The van der Waals surface area contributed by atoms with Crippen LogP contribution in [0.25, 0.3) is 0 Å². The van der Waals surface area contributed by atoms with Gasteiger partial charge >= 0.3 is 5.77 Å². The van der Waals surface area contributed by atoms with Crippen LogP contribution in [0.5, 0.6) is 0 Å². The number of hydrogen-bond acceptors (Lipinski definition) is 5. The van der Waals surface area contributed by atoms with Gasteiger partial charge in [-0.2, -0.15) is 0 Å². The van der Waals surface area contributed by atoms with Gasteiger partial charge in [0.1, 0.15) is 0 Å². The Labute approximate surface area is 116 Å². The highest BCUT2D eigenvalue weighted by Crippen LogP contribution is 2.73. The average molecular weight is 306 g/mol. The first kappa shape index (κ1) is 14.5. The van der Waals surface area contributed by atoms with E-state index in [0.29, 0.717) is 0 Å². The summed E-state index contributed by atoms with van der Waals surface area (Å²) in [5, 5.41) is 0. The predicted octanol–water partition coefficient (Wildman–Crippen LogP) is 4.64. The molecule has 1 aliphatic carbocycles. The molecular formula is C12H19O3PS2. The third kappa shape index (κ3) is 3.82. The smallest absolute Gasteiger partial charge is 0.359 e. The standard InChI is InChI=1S/C12H19O3PS2/c1-10(12(13)11-6-3-2-4-7-11)15-16(14)17-8-5-9-18-16/h11H,1-9H2. The largest absolute Gasteiger partial charge is 0.426 e. The number of Topliss-reactive ketones (excluding diaryl/α,β-unsaturated/α-hetero) is 1. The number of carbonyl (C=O) groups excluding carboxylic acids is 1. The third-order valence-electron chi connectivity index (χ3n) is 3.26. The van der Waals surface area contributed by atoms with Crippen molar-refractivity contribution in [2.45, 2.75) is 38.5 Å². The summed E-state index contributed by atoms with van der Waals surface area (Å²) < 4.78 is 17.8. The topological polar surface area (TPSA) is 43.4 Å². The fourth-order valence-electron chi connectivity index (χ4n) is 2.27. The zero-order valence-electron chi connectivity index (χ0n) is 10.4. The summed E-state index contributed by atoms with van der Waals surface area (Å²) in [6.45, 7) is 3.70. The van der Waals surface area contributed by atoms with Gasteiger partial charge in [0.05, 0.1) is 0 Å². The molecule has 3 nitrogen and oxygen atoms in total. The van der Waals surface area contributed by atoms with Crippen molar-refractivity contribution in [3.63, 3.8) is 0 Å². The Hall–Kier alpha value is 0.140.